The summed E-state index contributed by atoms with van der Waals surface area (Å²) in [4.78, 5) is 24.8. The molecule has 0 aliphatic carbocycles. The van der Waals surface area contributed by atoms with Crippen molar-refractivity contribution in [2.45, 2.75) is 27.0 Å². The van der Waals surface area contributed by atoms with Crippen LogP contribution >= 0.6 is 11.8 Å². The predicted molar refractivity (Wildman–Crippen MR) is 139 cm³/mol. The summed E-state index contributed by atoms with van der Waals surface area (Å²) in [5, 5.41) is 0. The van der Waals surface area contributed by atoms with Gasteiger partial charge in [-0.3, -0.25) is 0 Å². The monoisotopic (exact) mass is 492 g/mol. The van der Waals surface area contributed by atoms with Crippen LogP contribution in [0.15, 0.2) is 74.8 Å². The lowest BCUT2D eigenvalue weighted by Gasteiger charge is -2.15. The second-order valence-electron chi connectivity index (χ2n) is 8.25. The molecular formula is C27H28N2O5S. The Morgan fingerprint density at radius 1 is 0.914 bits per heavy atom. The molecule has 0 fully saturated rings. The Kier molecular flexibility index (Phi) is 7.82. The van der Waals surface area contributed by atoms with E-state index in [4.69, 9.17) is 14.0 Å². The van der Waals surface area contributed by atoms with Gasteiger partial charge in [0.2, 0.25) is 0 Å². The number of nitrogens with zero attached hydrogens (tertiary/aromatic N) is 1. The highest BCUT2D eigenvalue weighted by atomic mass is 32.2. The van der Waals surface area contributed by atoms with Crippen LogP contribution in [-0.2, 0) is 13.2 Å². The van der Waals surface area contributed by atoms with Crippen molar-refractivity contribution in [2.75, 3.05) is 18.6 Å². The minimum absolute atomic E-state index is 0.167. The first-order valence-corrected chi connectivity index (χ1v) is 12.7. The fourth-order valence-electron chi connectivity index (χ4n) is 3.96. The molecule has 0 saturated heterocycles. The Bertz CT molecular complexity index is 1380. The van der Waals surface area contributed by atoms with E-state index in [1.165, 1.54) is 16.7 Å². The second kappa shape index (κ2) is 11.2. The lowest BCUT2D eigenvalue weighted by atomic mass is 9.94. The van der Waals surface area contributed by atoms with Gasteiger partial charge in [-0.2, -0.15) is 11.8 Å². The summed E-state index contributed by atoms with van der Waals surface area (Å²) >= 11 is 1.77. The third-order valence-corrected chi connectivity index (χ3v) is 6.14. The maximum Gasteiger partial charge on any atom is 0.440 e. The Hall–Kier alpha value is -3.65. The number of aromatic amines is 1. The Morgan fingerprint density at radius 3 is 2.31 bits per heavy atom. The molecule has 0 spiro atoms. The van der Waals surface area contributed by atoms with Crippen molar-refractivity contribution in [3.8, 4) is 22.6 Å². The molecule has 0 aliphatic rings. The Balaban J connectivity index is 1.42. The van der Waals surface area contributed by atoms with Gasteiger partial charge in [-0.15, -0.1) is 4.74 Å². The van der Waals surface area contributed by atoms with Gasteiger partial charge < -0.3 is 14.0 Å². The third-order valence-electron chi connectivity index (χ3n) is 5.56. The van der Waals surface area contributed by atoms with Crippen molar-refractivity contribution in [1.82, 2.24) is 9.72 Å². The van der Waals surface area contributed by atoms with Crippen LogP contribution < -0.4 is 20.9 Å². The predicted octanol–water partition coefficient (Wildman–Crippen LogP) is 4.78. The molecule has 4 rings (SSSR count). The van der Waals surface area contributed by atoms with Crippen LogP contribution in [0.1, 0.15) is 22.3 Å². The average Bonchev–Trinajstić information content (AvgIpc) is 3.15. The number of hydrogen-bond donors (Lipinski definition) is 1. The van der Waals surface area contributed by atoms with Crippen molar-refractivity contribution >= 4 is 11.8 Å². The van der Waals surface area contributed by atoms with Gasteiger partial charge in [0.05, 0.1) is 13.2 Å². The van der Waals surface area contributed by atoms with E-state index in [9.17, 15) is 9.59 Å². The first-order chi connectivity index (χ1) is 16.9. The van der Waals surface area contributed by atoms with Crippen molar-refractivity contribution in [3.05, 3.63) is 104 Å². The Morgan fingerprint density at radius 2 is 1.66 bits per heavy atom. The molecule has 35 heavy (non-hydrogen) atoms. The quantitative estimate of drug-likeness (QED) is 0.321. The van der Waals surface area contributed by atoms with E-state index in [0.29, 0.717) is 19.0 Å². The van der Waals surface area contributed by atoms with Crippen LogP contribution in [0.2, 0.25) is 0 Å². The summed E-state index contributed by atoms with van der Waals surface area (Å²) < 4.78 is 17.6. The summed E-state index contributed by atoms with van der Waals surface area (Å²) in [6, 6.07) is 19.9. The highest BCUT2D eigenvalue weighted by Gasteiger charge is 2.10. The highest BCUT2D eigenvalue weighted by molar-refractivity contribution is 7.98. The molecule has 1 N–H and O–H groups in total. The fourth-order valence-corrected chi connectivity index (χ4v) is 4.21. The molecular weight excluding hydrogens is 464 g/mol. The summed E-state index contributed by atoms with van der Waals surface area (Å²) in [7, 11) is 0. The van der Waals surface area contributed by atoms with E-state index >= 15 is 0 Å². The average molecular weight is 493 g/mol. The SMILES string of the molecule is CSCCOc1cc(C)c(-c2cccc(COc3ccc(Cn4oc(=O)[nH]c4=O)cc3)c2)c(C)c1. The van der Waals surface area contributed by atoms with E-state index in [1.54, 1.807) is 11.8 Å². The van der Waals surface area contributed by atoms with Crippen LogP contribution in [0.4, 0.5) is 0 Å². The van der Waals surface area contributed by atoms with Crippen molar-refractivity contribution < 1.29 is 14.0 Å². The number of ether oxygens (including phenoxy) is 2. The van der Waals surface area contributed by atoms with Gasteiger partial charge in [0.25, 0.3) is 0 Å². The zero-order valence-corrected chi connectivity index (χ0v) is 20.8. The lowest BCUT2D eigenvalue weighted by Crippen LogP contribution is -2.17. The van der Waals surface area contributed by atoms with Gasteiger partial charge in [-0.05, 0) is 83.8 Å². The molecule has 8 heteroatoms. The second-order valence-corrected chi connectivity index (χ2v) is 9.24. The van der Waals surface area contributed by atoms with Crippen molar-refractivity contribution in [3.63, 3.8) is 0 Å². The molecule has 7 nitrogen and oxygen atoms in total. The minimum Gasteiger partial charge on any atom is -0.493 e. The number of hydrogen-bond acceptors (Lipinski definition) is 6. The van der Waals surface area contributed by atoms with Crippen molar-refractivity contribution in [2.24, 2.45) is 0 Å². The largest absolute Gasteiger partial charge is 0.493 e. The summed E-state index contributed by atoms with van der Waals surface area (Å²) in [6.07, 6.45) is 2.07. The van der Waals surface area contributed by atoms with Gasteiger partial charge in [0.15, 0.2) is 0 Å². The molecule has 0 atom stereocenters. The summed E-state index contributed by atoms with van der Waals surface area (Å²) in [5.41, 5.74) is 6.01. The smallest absolute Gasteiger partial charge is 0.440 e. The zero-order valence-electron chi connectivity index (χ0n) is 20.0. The number of rotatable bonds is 10. The zero-order chi connectivity index (χ0) is 24.8. The van der Waals surface area contributed by atoms with Gasteiger partial charge in [-0.1, -0.05) is 30.3 Å². The normalized spacial score (nSPS) is 10.9. The number of H-pyrrole nitrogens is 1. The molecule has 0 radical (unpaired) electrons. The molecule has 0 aliphatic heterocycles. The first-order valence-electron chi connectivity index (χ1n) is 11.3. The molecule has 1 heterocycles. The minimum atomic E-state index is -0.766. The highest BCUT2D eigenvalue weighted by Crippen LogP contribution is 2.32. The van der Waals surface area contributed by atoms with E-state index in [-0.39, 0.29) is 6.54 Å². The van der Waals surface area contributed by atoms with Crippen LogP contribution in [-0.4, -0.2) is 28.3 Å². The summed E-state index contributed by atoms with van der Waals surface area (Å²) in [6.45, 7) is 5.52. The third kappa shape index (κ3) is 6.27. The molecule has 1 aromatic heterocycles. The number of thioether (sulfide) groups is 1. The van der Waals surface area contributed by atoms with Crippen LogP contribution in [0, 0.1) is 13.8 Å². The molecule has 0 amide bonds. The van der Waals surface area contributed by atoms with Crippen molar-refractivity contribution in [1.29, 1.82) is 0 Å². The topological polar surface area (TPSA) is 86.5 Å². The number of aryl methyl sites for hydroxylation is 2. The molecule has 0 unspecified atom stereocenters. The maximum absolute atomic E-state index is 11.6. The molecule has 0 bridgehead atoms. The van der Waals surface area contributed by atoms with E-state index in [0.717, 1.165) is 32.9 Å². The van der Waals surface area contributed by atoms with Crippen LogP contribution in [0.5, 0.6) is 11.5 Å². The van der Waals surface area contributed by atoms with Gasteiger partial charge in [-0.25, -0.2) is 14.6 Å². The summed E-state index contributed by atoms with van der Waals surface area (Å²) in [5.74, 6) is 1.82. The molecule has 0 saturated carbocycles. The van der Waals surface area contributed by atoms with Crippen LogP contribution in [0.25, 0.3) is 11.1 Å². The molecule has 182 valence electrons. The van der Waals surface area contributed by atoms with Crippen LogP contribution in [0.3, 0.4) is 0 Å². The van der Waals surface area contributed by atoms with Gasteiger partial charge >= 0.3 is 11.4 Å². The lowest BCUT2D eigenvalue weighted by molar-refractivity contribution is 0.258. The standard InChI is InChI=1S/C27H28N2O5S/c1-18-13-24(32-11-12-35-3)14-19(2)25(18)22-6-4-5-21(15-22)17-33-23-9-7-20(8-10-23)16-29-26(30)28-27(31)34-29/h4-10,13-15H,11-12,16-17H2,1-3H3,(H,28,30,31). The fraction of sp³-hybridized carbons (Fsp3) is 0.259. The molecule has 3 aromatic carbocycles. The van der Waals surface area contributed by atoms with E-state index in [2.05, 4.69) is 49.4 Å². The Labute approximate surface area is 207 Å². The first kappa shape index (κ1) is 24.5. The number of nitrogens with one attached hydrogen (secondary N) is 1. The van der Waals surface area contributed by atoms with Gasteiger partial charge in [0, 0.05) is 5.75 Å². The maximum atomic E-state index is 11.6. The van der Waals surface area contributed by atoms with E-state index < -0.39 is 11.4 Å². The van der Waals surface area contributed by atoms with Gasteiger partial charge in [0.1, 0.15) is 18.1 Å². The number of benzene rings is 3. The van der Waals surface area contributed by atoms with E-state index in [1.807, 2.05) is 36.4 Å². The molecule has 4 aromatic rings. The number of aromatic nitrogens is 2.